The minimum atomic E-state index is -0.873. The Hall–Kier alpha value is -3.90. The third kappa shape index (κ3) is 5.83. The topological polar surface area (TPSA) is 75.6 Å². The van der Waals surface area contributed by atoms with Crippen molar-refractivity contribution in [1.29, 1.82) is 0 Å². The van der Waals surface area contributed by atoms with Gasteiger partial charge in [-0.3, -0.25) is 9.59 Å². The van der Waals surface area contributed by atoms with Gasteiger partial charge in [0.05, 0.1) is 17.8 Å². The lowest BCUT2D eigenvalue weighted by atomic mass is 10.1. The number of carboxylic acid groups (broad SMARTS) is 1. The lowest BCUT2D eigenvalue weighted by Gasteiger charge is -2.06. The van der Waals surface area contributed by atoms with Crippen LogP contribution >= 0.6 is 11.3 Å². The van der Waals surface area contributed by atoms with Crippen molar-refractivity contribution in [2.45, 2.75) is 12.8 Å². The molecule has 32 heavy (non-hydrogen) atoms. The third-order valence-corrected chi connectivity index (χ3v) is 5.62. The van der Waals surface area contributed by atoms with Crippen LogP contribution in [0.15, 0.2) is 90.3 Å². The van der Waals surface area contributed by atoms with E-state index in [0.717, 1.165) is 33.2 Å². The summed E-state index contributed by atoms with van der Waals surface area (Å²) in [5.74, 6) is 0.564. The van der Waals surface area contributed by atoms with Crippen LogP contribution < -0.4 is 10.1 Å². The molecule has 0 saturated carbocycles. The van der Waals surface area contributed by atoms with E-state index in [-0.39, 0.29) is 18.7 Å². The molecule has 0 saturated heterocycles. The van der Waals surface area contributed by atoms with Crippen molar-refractivity contribution < 1.29 is 19.4 Å². The summed E-state index contributed by atoms with van der Waals surface area (Å²) in [5.41, 5.74) is 3.61. The number of rotatable bonds is 8. The normalized spacial score (nSPS) is 10.5. The molecule has 0 atom stereocenters. The lowest BCUT2D eigenvalue weighted by Crippen LogP contribution is -2.13. The second-order valence-corrected chi connectivity index (χ2v) is 8.16. The highest BCUT2D eigenvalue weighted by atomic mass is 32.1. The molecule has 4 rings (SSSR count). The summed E-state index contributed by atoms with van der Waals surface area (Å²) in [6.07, 6.45) is 0.204. The van der Waals surface area contributed by atoms with Gasteiger partial charge in [-0.25, -0.2) is 0 Å². The van der Waals surface area contributed by atoms with E-state index >= 15 is 0 Å². The molecule has 0 fully saturated rings. The van der Waals surface area contributed by atoms with Crippen LogP contribution in [0.1, 0.15) is 11.1 Å². The van der Waals surface area contributed by atoms with Gasteiger partial charge in [0.15, 0.2) is 0 Å². The SMILES string of the molecule is O=C(O)Cc1ccc(CC(=O)Nc2cc(-c3ccc(Oc4ccccc4)cc3)cs2)cc1. The fraction of sp³-hybridized carbons (Fsp3) is 0.0769. The monoisotopic (exact) mass is 443 g/mol. The van der Waals surface area contributed by atoms with Crippen LogP contribution in [0.25, 0.3) is 11.1 Å². The van der Waals surface area contributed by atoms with Gasteiger partial charge in [0.2, 0.25) is 5.91 Å². The van der Waals surface area contributed by atoms with Gasteiger partial charge in [0.1, 0.15) is 11.5 Å². The quantitative estimate of drug-likeness (QED) is 0.349. The van der Waals surface area contributed by atoms with Crippen LogP contribution in [0.3, 0.4) is 0 Å². The van der Waals surface area contributed by atoms with Gasteiger partial charge >= 0.3 is 5.97 Å². The number of carbonyl (C=O) groups excluding carboxylic acids is 1. The molecule has 4 aromatic rings. The van der Waals surface area contributed by atoms with Crippen LogP contribution in [-0.2, 0) is 22.4 Å². The second-order valence-electron chi connectivity index (χ2n) is 7.25. The van der Waals surface area contributed by atoms with Crippen molar-refractivity contribution in [2.24, 2.45) is 0 Å². The predicted octanol–water partition coefficient (Wildman–Crippen LogP) is 6.02. The second kappa shape index (κ2) is 9.94. The molecule has 0 aliphatic carbocycles. The number of nitrogens with one attached hydrogen (secondary N) is 1. The molecule has 6 heteroatoms. The summed E-state index contributed by atoms with van der Waals surface area (Å²) in [6, 6.07) is 26.5. The molecule has 1 aromatic heterocycles. The number of aliphatic carboxylic acids is 1. The molecule has 0 spiro atoms. The first-order valence-corrected chi connectivity index (χ1v) is 10.9. The maximum absolute atomic E-state index is 12.4. The van der Waals surface area contributed by atoms with E-state index in [2.05, 4.69) is 5.32 Å². The largest absolute Gasteiger partial charge is 0.481 e. The van der Waals surface area contributed by atoms with Gasteiger partial charge in [-0.15, -0.1) is 11.3 Å². The number of hydrogen-bond donors (Lipinski definition) is 2. The standard InChI is InChI=1S/C26H21NO4S/c28-24(14-18-6-8-19(9-7-18)15-26(29)30)27-25-16-21(17-32-25)20-10-12-23(13-11-20)31-22-4-2-1-3-5-22/h1-13,16-17H,14-15H2,(H,27,28)(H,29,30). The van der Waals surface area contributed by atoms with Gasteiger partial charge < -0.3 is 15.2 Å². The van der Waals surface area contributed by atoms with E-state index in [0.29, 0.717) is 5.56 Å². The molecule has 0 aliphatic rings. The number of carboxylic acids is 1. The van der Waals surface area contributed by atoms with E-state index in [9.17, 15) is 9.59 Å². The van der Waals surface area contributed by atoms with Crippen molar-refractivity contribution in [3.8, 4) is 22.6 Å². The smallest absolute Gasteiger partial charge is 0.307 e. The fourth-order valence-electron chi connectivity index (χ4n) is 3.21. The Morgan fingerprint density at radius 2 is 1.41 bits per heavy atom. The number of ether oxygens (including phenoxy) is 1. The zero-order valence-electron chi connectivity index (χ0n) is 17.2. The average Bonchev–Trinajstić information content (AvgIpc) is 3.24. The Morgan fingerprint density at radius 3 is 2.06 bits per heavy atom. The van der Waals surface area contributed by atoms with Crippen molar-refractivity contribution in [3.05, 3.63) is 101 Å². The van der Waals surface area contributed by atoms with Crippen molar-refractivity contribution in [1.82, 2.24) is 0 Å². The minimum Gasteiger partial charge on any atom is -0.481 e. The number of amides is 1. The van der Waals surface area contributed by atoms with Crippen LogP contribution in [0.2, 0.25) is 0 Å². The maximum atomic E-state index is 12.4. The van der Waals surface area contributed by atoms with Crippen LogP contribution in [0.4, 0.5) is 5.00 Å². The van der Waals surface area contributed by atoms with Gasteiger partial charge in [-0.2, -0.15) is 0 Å². The maximum Gasteiger partial charge on any atom is 0.307 e. The molecular formula is C26H21NO4S. The number of benzene rings is 3. The van der Waals surface area contributed by atoms with Gasteiger partial charge in [-0.05, 0) is 52.6 Å². The molecule has 0 unspecified atom stereocenters. The fourth-order valence-corrected chi connectivity index (χ4v) is 4.04. The van der Waals surface area contributed by atoms with E-state index in [4.69, 9.17) is 9.84 Å². The molecule has 0 radical (unpaired) electrons. The Morgan fingerprint density at radius 1 is 0.781 bits per heavy atom. The molecule has 1 amide bonds. The highest BCUT2D eigenvalue weighted by Crippen LogP contribution is 2.31. The number of para-hydroxylation sites is 1. The highest BCUT2D eigenvalue weighted by molar-refractivity contribution is 7.14. The summed E-state index contributed by atoms with van der Waals surface area (Å²) in [4.78, 5) is 23.2. The van der Waals surface area contributed by atoms with E-state index < -0.39 is 5.97 Å². The average molecular weight is 444 g/mol. The molecule has 2 N–H and O–H groups in total. The van der Waals surface area contributed by atoms with Crippen LogP contribution in [-0.4, -0.2) is 17.0 Å². The van der Waals surface area contributed by atoms with Crippen molar-refractivity contribution >= 4 is 28.2 Å². The number of anilines is 1. The zero-order chi connectivity index (χ0) is 22.3. The molecule has 1 heterocycles. The Balaban J connectivity index is 1.34. The van der Waals surface area contributed by atoms with Crippen LogP contribution in [0.5, 0.6) is 11.5 Å². The molecule has 0 aliphatic heterocycles. The summed E-state index contributed by atoms with van der Waals surface area (Å²) < 4.78 is 5.83. The lowest BCUT2D eigenvalue weighted by molar-refractivity contribution is -0.136. The summed E-state index contributed by atoms with van der Waals surface area (Å²) >= 11 is 1.47. The first-order chi connectivity index (χ1) is 15.5. The van der Waals surface area contributed by atoms with E-state index in [1.54, 1.807) is 24.3 Å². The van der Waals surface area contributed by atoms with Gasteiger partial charge in [-0.1, -0.05) is 54.6 Å². The molecule has 0 bridgehead atoms. The Kier molecular flexibility index (Phi) is 6.63. The van der Waals surface area contributed by atoms with E-state index in [1.165, 1.54) is 11.3 Å². The first kappa shape index (κ1) is 21.3. The van der Waals surface area contributed by atoms with Crippen molar-refractivity contribution in [2.75, 3.05) is 5.32 Å². The summed E-state index contributed by atoms with van der Waals surface area (Å²) in [7, 11) is 0. The summed E-state index contributed by atoms with van der Waals surface area (Å²) in [6.45, 7) is 0. The number of thiophene rings is 1. The Labute approximate surface area is 189 Å². The molecule has 160 valence electrons. The molecular weight excluding hydrogens is 422 g/mol. The highest BCUT2D eigenvalue weighted by Gasteiger charge is 2.09. The predicted molar refractivity (Wildman–Crippen MR) is 126 cm³/mol. The zero-order valence-corrected chi connectivity index (χ0v) is 18.0. The van der Waals surface area contributed by atoms with Crippen LogP contribution in [0, 0.1) is 0 Å². The third-order valence-electron chi connectivity index (χ3n) is 4.77. The Bertz CT molecular complexity index is 1200. The van der Waals surface area contributed by atoms with Gasteiger partial charge in [0.25, 0.3) is 0 Å². The summed E-state index contributed by atoms with van der Waals surface area (Å²) in [5, 5.41) is 14.5. The minimum absolute atomic E-state index is 0.0240. The van der Waals surface area contributed by atoms with Crippen molar-refractivity contribution in [3.63, 3.8) is 0 Å². The molecule has 3 aromatic carbocycles. The molecule has 5 nitrogen and oxygen atoms in total. The first-order valence-electron chi connectivity index (χ1n) is 10.1. The van der Waals surface area contributed by atoms with Gasteiger partial charge in [0, 0.05) is 5.38 Å². The number of carbonyl (C=O) groups is 2. The number of hydrogen-bond acceptors (Lipinski definition) is 4. The van der Waals surface area contributed by atoms with E-state index in [1.807, 2.05) is 66.0 Å².